The molecule has 1 spiro atoms. The number of piperidine rings is 2. The number of carbonyl (C=O) groups excluding carboxylic acids is 2. The molecule has 0 radical (unpaired) electrons. The fourth-order valence-corrected chi connectivity index (χ4v) is 3.98. The van der Waals surface area contributed by atoms with Gasteiger partial charge in [0.05, 0.1) is 0 Å². The molecule has 3 saturated heterocycles. The molecule has 3 rings (SSSR count). The molecule has 0 saturated carbocycles. The zero-order valence-electron chi connectivity index (χ0n) is 10.9. The van der Waals surface area contributed by atoms with Crippen molar-refractivity contribution in [2.75, 3.05) is 6.54 Å². The maximum atomic E-state index is 12.0. The minimum Gasteiger partial charge on any atom is -0.323 e. The molecule has 0 aromatic rings. The van der Waals surface area contributed by atoms with Crippen molar-refractivity contribution in [3.05, 3.63) is 0 Å². The Balaban J connectivity index is 1.83. The number of urea groups is 1. The number of hydrogen-bond donors (Lipinski definition) is 2. The highest BCUT2D eigenvalue weighted by Gasteiger charge is 2.54. The van der Waals surface area contributed by atoms with E-state index in [0.29, 0.717) is 12.1 Å². The SMILES string of the molecule is CCCN1[C@@H]2CCC[C@@H]1CC1(C2)NC(=O)NC1=O. The van der Waals surface area contributed by atoms with Crippen LogP contribution in [-0.4, -0.2) is 41.0 Å². The summed E-state index contributed by atoms with van der Waals surface area (Å²) in [5, 5.41) is 5.29. The van der Waals surface area contributed by atoms with Gasteiger partial charge in [0.15, 0.2) is 0 Å². The third-order valence-electron chi connectivity index (χ3n) is 4.68. The van der Waals surface area contributed by atoms with Crippen LogP contribution in [0.1, 0.15) is 45.4 Å². The lowest BCUT2D eigenvalue weighted by atomic mass is 9.73. The van der Waals surface area contributed by atoms with E-state index in [4.69, 9.17) is 0 Å². The molecule has 3 fully saturated rings. The largest absolute Gasteiger partial charge is 0.323 e. The molecule has 0 unspecified atom stereocenters. The van der Waals surface area contributed by atoms with Gasteiger partial charge in [0.25, 0.3) is 5.91 Å². The van der Waals surface area contributed by atoms with Gasteiger partial charge in [-0.25, -0.2) is 4.79 Å². The van der Waals surface area contributed by atoms with Crippen LogP contribution in [0.25, 0.3) is 0 Å². The van der Waals surface area contributed by atoms with Crippen molar-refractivity contribution < 1.29 is 9.59 Å². The van der Waals surface area contributed by atoms with E-state index in [-0.39, 0.29) is 11.9 Å². The van der Waals surface area contributed by atoms with Crippen LogP contribution in [0.3, 0.4) is 0 Å². The molecule has 2 N–H and O–H groups in total. The van der Waals surface area contributed by atoms with Crippen molar-refractivity contribution in [1.82, 2.24) is 15.5 Å². The monoisotopic (exact) mass is 251 g/mol. The Kier molecular flexibility index (Phi) is 2.81. The average molecular weight is 251 g/mol. The number of imide groups is 1. The van der Waals surface area contributed by atoms with Gasteiger partial charge in [0.1, 0.15) is 5.54 Å². The first kappa shape index (κ1) is 12.0. The van der Waals surface area contributed by atoms with Crippen LogP contribution < -0.4 is 10.6 Å². The van der Waals surface area contributed by atoms with Gasteiger partial charge < -0.3 is 5.32 Å². The number of amides is 3. The summed E-state index contributed by atoms with van der Waals surface area (Å²) in [6.45, 7) is 3.31. The van der Waals surface area contributed by atoms with E-state index < -0.39 is 5.54 Å². The van der Waals surface area contributed by atoms with E-state index in [1.54, 1.807) is 0 Å². The molecule has 0 aliphatic carbocycles. The fraction of sp³-hybridized carbons (Fsp3) is 0.846. The lowest BCUT2D eigenvalue weighted by Crippen LogP contribution is -2.63. The summed E-state index contributed by atoms with van der Waals surface area (Å²) >= 11 is 0. The normalized spacial score (nSPS) is 39.8. The molecular formula is C13H21N3O2. The van der Waals surface area contributed by atoms with Crippen LogP contribution in [0.2, 0.25) is 0 Å². The zero-order valence-corrected chi connectivity index (χ0v) is 10.9. The third kappa shape index (κ3) is 1.72. The number of rotatable bonds is 2. The predicted octanol–water partition coefficient (Wildman–Crippen LogP) is 0.992. The van der Waals surface area contributed by atoms with Gasteiger partial charge in [-0.15, -0.1) is 0 Å². The van der Waals surface area contributed by atoms with E-state index in [9.17, 15) is 9.59 Å². The number of nitrogens with one attached hydrogen (secondary N) is 2. The van der Waals surface area contributed by atoms with Gasteiger partial charge in [-0.05, 0) is 38.6 Å². The molecule has 0 aromatic carbocycles. The first-order valence-corrected chi connectivity index (χ1v) is 7.04. The molecule has 3 aliphatic rings. The lowest BCUT2D eigenvalue weighted by molar-refractivity contribution is -0.129. The summed E-state index contributed by atoms with van der Waals surface area (Å²) in [7, 11) is 0. The second kappa shape index (κ2) is 4.23. The number of carbonyl (C=O) groups is 2. The van der Waals surface area contributed by atoms with Gasteiger partial charge in [0, 0.05) is 12.1 Å². The van der Waals surface area contributed by atoms with Crippen LogP contribution >= 0.6 is 0 Å². The molecule has 0 aromatic heterocycles. The molecule has 3 aliphatic heterocycles. The topological polar surface area (TPSA) is 61.4 Å². The van der Waals surface area contributed by atoms with Crippen molar-refractivity contribution in [2.24, 2.45) is 0 Å². The molecule has 5 nitrogen and oxygen atoms in total. The van der Waals surface area contributed by atoms with E-state index in [0.717, 1.165) is 38.6 Å². The van der Waals surface area contributed by atoms with Crippen LogP contribution in [0, 0.1) is 0 Å². The van der Waals surface area contributed by atoms with Gasteiger partial charge >= 0.3 is 6.03 Å². The van der Waals surface area contributed by atoms with Crippen LogP contribution in [0.15, 0.2) is 0 Å². The lowest BCUT2D eigenvalue weighted by Gasteiger charge is -2.51. The molecule has 2 bridgehead atoms. The van der Waals surface area contributed by atoms with Crippen molar-refractivity contribution in [1.29, 1.82) is 0 Å². The fourth-order valence-electron chi connectivity index (χ4n) is 3.98. The minimum absolute atomic E-state index is 0.111. The quantitative estimate of drug-likeness (QED) is 0.720. The molecule has 5 heteroatoms. The molecule has 18 heavy (non-hydrogen) atoms. The summed E-state index contributed by atoms with van der Waals surface area (Å²) in [5.41, 5.74) is -0.614. The van der Waals surface area contributed by atoms with Crippen LogP contribution in [-0.2, 0) is 4.79 Å². The summed E-state index contributed by atoms with van der Waals surface area (Å²) in [6.07, 6.45) is 6.27. The van der Waals surface area contributed by atoms with Gasteiger partial charge in [0.2, 0.25) is 0 Å². The highest BCUT2D eigenvalue weighted by Crippen LogP contribution is 2.40. The molecular weight excluding hydrogens is 230 g/mol. The standard InChI is InChI=1S/C13H21N3O2/c1-2-6-16-9-4-3-5-10(16)8-13(7-9)11(17)14-12(18)15-13/h9-10H,2-8H2,1H3,(H2,14,15,17,18)/t9-,10-/m1/s1. The van der Waals surface area contributed by atoms with Crippen molar-refractivity contribution in [3.8, 4) is 0 Å². The first-order chi connectivity index (χ1) is 8.64. The second-order valence-electron chi connectivity index (χ2n) is 5.87. The maximum absolute atomic E-state index is 12.0. The van der Waals surface area contributed by atoms with Crippen LogP contribution in [0.4, 0.5) is 4.79 Å². The summed E-state index contributed by atoms with van der Waals surface area (Å²) in [4.78, 5) is 26.0. The van der Waals surface area contributed by atoms with E-state index in [2.05, 4.69) is 22.5 Å². The molecule has 3 amide bonds. The second-order valence-corrected chi connectivity index (χ2v) is 5.87. The van der Waals surface area contributed by atoms with E-state index in [1.807, 2.05) is 0 Å². The minimum atomic E-state index is -0.614. The zero-order chi connectivity index (χ0) is 12.8. The summed E-state index contributed by atoms with van der Waals surface area (Å²) in [6, 6.07) is 0.602. The highest BCUT2D eigenvalue weighted by molar-refractivity contribution is 6.07. The molecule has 100 valence electrons. The Morgan fingerprint density at radius 1 is 1.28 bits per heavy atom. The Hall–Kier alpha value is -1.10. The first-order valence-electron chi connectivity index (χ1n) is 7.04. The van der Waals surface area contributed by atoms with Crippen molar-refractivity contribution >= 4 is 11.9 Å². The van der Waals surface area contributed by atoms with Gasteiger partial charge in [-0.2, -0.15) is 0 Å². The van der Waals surface area contributed by atoms with E-state index >= 15 is 0 Å². The van der Waals surface area contributed by atoms with Crippen molar-refractivity contribution in [2.45, 2.75) is 63.1 Å². The number of fused-ring (bicyclic) bond motifs is 2. The van der Waals surface area contributed by atoms with Crippen molar-refractivity contribution in [3.63, 3.8) is 0 Å². The number of nitrogens with zero attached hydrogens (tertiary/aromatic N) is 1. The highest BCUT2D eigenvalue weighted by atomic mass is 16.2. The third-order valence-corrected chi connectivity index (χ3v) is 4.68. The Labute approximate surface area is 107 Å². The van der Waals surface area contributed by atoms with Gasteiger partial charge in [-0.1, -0.05) is 13.3 Å². The Bertz CT molecular complexity index is 368. The molecule has 2 atom stereocenters. The number of hydrogen-bond acceptors (Lipinski definition) is 3. The van der Waals surface area contributed by atoms with Gasteiger partial charge in [-0.3, -0.25) is 15.0 Å². The average Bonchev–Trinajstić information content (AvgIpc) is 2.55. The van der Waals surface area contributed by atoms with E-state index in [1.165, 1.54) is 6.42 Å². The Morgan fingerprint density at radius 2 is 1.94 bits per heavy atom. The van der Waals surface area contributed by atoms with Crippen LogP contribution in [0.5, 0.6) is 0 Å². The smallest absolute Gasteiger partial charge is 0.322 e. The maximum Gasteiger partial charge on any atom is 0.322 e. The molecule has 3 heterocycles. The predicted molar refractivity (Wildman–Crippen MR) is 67.1 cm³/mol. The Morgan fingerprint density at radius 3 is 2.44 bits per heavy atom. The summed E-state index contributed by atoms with van der Waals surface area (Å²) in [5.74, 6) is -0.111. The summed E-state index contributed by atoms with van der Waals surface area (Å²) < 4.78 is 0.